The summed E-state index contributed by atoms with van der Waals surface area (Å²) in [6, 6.07) is 75.2. The molecular formula is C55H35N5. The minimum atomic E-state index is 0.622. The van der Waals surface area contributed by atoms with Gasteiger partial charge in [0.2, 0.25) is 0 Å². The van der Waals surface area contributed by atoms with Crippen LogP contribution < -0.4 is 0 Å². The second kappa shape index (κ2) is 13.8. The summed E-state index contributed by atoms with van der Waals surface area (Å²) in [5.41, 5.74) is 11.9. The largest absolute Gasteiger partial charge is 0.309 e. The predicted molar refractivity (Wildman–Crippen MR) is 248 cm³/mol. The zero-order valence-corrected chi connectivity index (χ0v) is 32.4. The minimum Gasteiger partial charge on any atom is -0.309 e. The molecule has 5 nitrogen and oxygen atoms in total. The zero-order valence-electron chi connectivity index (χ0n) is 32.4. The van der Waals surface area contributed by atoms with Gasteiger partial charge in [-0.2, -0.15) is 0 Å². The molecule has 0 aliphatic carbocycles. The highest BCUT2D eigenvalue weighted by molar-refractivity contribution is 6.22. The molecule has 0 saturated heterocycles. The third-order valence-corrected chi connectivity index (χ3v) is 11.8. The van der Waals surface area contributed by atoms with Crippen molar-refractivity contribution in [3.63, 3.8) is 0 Å². The standard InChI is InChI=1S/C55H35N5/c1-4-17-37(18-5-1)53-56-54(38-19-6-2-7-20-38)58-55(57-53)44-25-13-15-27-48(44)60-47-26-14-12-24-43(47)45-34-39(29-31-49(45)60)40-30-32-50-46(35-40)52-42-23-11-10-16-36(42)28-33-51(52)59(50)41-21-8-3-9-22-41/h1-35H. The van der Waals surface area contributed by atoms with Crippen molar-refractivity contribution in [3.8, 4) is 56.7 Å². The van der Waals surface area contributed by atoms with E-state index < -0.39 is 0 Å². The van der Waals surface area contributed by atoms with E-state index in [2.05, 4.69) is 161 Å². The van der Waals surface area contributed by atoms with E-state index in [0.29, 0.717) is 17.5 Å². The van der Waals surface area contributed by atoms with Gasteiger partial charge in [0, 0.05) is 43.9 Å². The van der Waals surface area contributed by atoms with Gasteiger partial charge in [0.05, 0.1) is 27.8 Å². The van der Waals surface area contributed by atoms with Crippen molar-refractivity contribution in [2.24, 2.45) is 0 Å². The van der Waals surface area contributed by atoms with Crippen LogP contribution in [0.3, 0.4) is 0 Å². The fourth-order valence-corrected chi connectivity index (χ4v) is 9.02. The van der Waals surface area contributed by atoms with Crippen molar-refractivity contribution >= 4 is 54.4 Å². The summed E-state index contributed by atoms with van der Waals surface area (Å²) < 4.78 is 4.76. The molecule has 5 heteroatoms. The van der Waals surface area contributed by atoms with Crippen molar-refractivity contribution in [2.75, 3.05) is 0 Å². The summed E-state index contributed by atoms with van der Waals surface area (Å²) >= 11 is 0. The summed E-state index contributed by atoms with van der Waals surface area (Å²) in [5.74, 6) is 1.90. The molecule has 0 aliphatic rings. The highest BCUT2D eigenvalue weighted by atomic mass is 15.1. The highest BCUT2D eigenvalue weighted by Gasteiger charge is 2.21. The third kappa shape index (κ3) is 5.44. The van der Waals surface area contributed by atoms with Crippen molar-refractivity contribution in [2.45, 2.75) is 0 Å². The average molecular weight is 766 g/mol. The molecule has 3 aromatic heterocycles. The molecule has 0 saturated carbocycles. The van der Waals surface area contributed by atoms with E-state index in [1.807, 2.05) is 60.7 Å². The van der Waals surface area contributed by atoms with Gasteiger partial charge in [0.1, 0.15) is 0 Å². The number of hydrogen-bond acceptors (Lipinski definition) is 3. The van der Waals surface area contributed by atoms with Crippen molar-refractivity contribution in [3.05, 3.63) is 212 Å². The Balaban J connectivity index is 1.05. The lowest BCUT2D eigenvalue weighted by Gasteiger charge is -2.14. The molecule has 0 amide bonds. The molecule has 0 N–H and O–H groups in total. The van der Waals surface area contributed by atoms with Gasteiger partial charge in [0.15, 0.2) is 17.5 Å². The third-order valence-electron chi connectivity index (χ3n) is 11.8. The molecule has 9 aromatic carbocycles. The van der Waals surface area contributed by atoms with E-state index in [1.165, 1.54) is 54.5 Å². The molecule has 0 atom stereocenters. The molecule has 280 valence electrons. The fourth-order valence-electron chi connectivity index (χ4n) is 9.02. The maximum atomic E-state index is 5.13. The molecule has 0 bridgehead atoms. The molecule has 12 aromatic rings. The Labute approximate surface area is 346 Å². The van der Waals surface area contributed by atoms with Gasteiger partial charge in [-0.15, -0.1) is 0 Å². The van der Waals surface area contributed by atoms with Gasteiger partial charge in [0.25, 0.3) is 0 Å². The Bertz CT molecular complexity index is 3530. The molecular weight excluding hydrogens is 731 g/mol. The normalized spacial score (nSPS) is 11.7. The van der Waals surface area contributed by atoms with Crippen LogP contribution in [0.5, 0.6) is 0 Å². The Kier molecular flexibility index (Phi) is 7.78. The van der Waals surface area contributed by atoms with Crippen LogP contribution in [0.4, 0.5) is 0 Å². The molecule has 12 rings (SSSR count). The smallest absolute Gasteiger partial charge is 0.166 e. The summed E-state index contributed by atoms with van der Waals surface area (Å²) in [5, 5.41) is 7.37. The van der Waals surface area contributed by atoms with E-state index in [0.717, 1.165) is 39.1 Å². The lowest BCUT2D eigenvalue weighted by molar-refractivity contribution is 1.06. The predicted octanol–water partition coefficient (Wildman–Crippen LogP) is 13.9. The first-order chi connectivity index (χ1) is 29.8. The Morgan fingerprint density at radius 2 is 0.817 bits per heavy atom. The van der Waals surface area contributed by atoms with Crippen LogP contribution in [0.2, 0.25) is 0 Å². The molecule has 3 heterocycles. The van der Waals surface area contributed by atoms with Crippen molar-refractivity contribution in [1.29, 1.82) is 0 Å². The second-order valence-corrected chi connectivity index (χ2v) is 15.2. The average Bonchev–Trinajstić information content (AvgIpc) is 3.84. The van der Waals surface area contributed by atoms with Crippen LogP contribution in [0, 0.1) is 0 Å². The van der Waals surface area contributed by atoms with Crippen LogP contribution in [-0.2, 0) is 0 Å². The van der Waals surface area contributed by atoms with Gasteiger partial charge < -0.3 is 9.13 Å². The van der Waals surface area contributed by atoms with E-state index in [-0.39, 0.29) is 0 Å². The molecule has 0 fully saturated rings. The Hall–Kier alpha value is -8.15. The van der Waals surface area contributed by atoms with Crippen molar-refractivity contribution in [1.82, 2.24) is 24.1 Å². The maximum Gasteiger partial charge on any atom is 0.166 e. The number of nitrogens with zero attached hydrogens (tertiary/aromatic N) is 5. The molecule has 60 heavy (non-hydrogen) atoms. The molecule has 0 aliphatic heterocycles. The number of aromatic nitrogens is 5. The van der Waals surface area contributed by atoms with Crippen LogP contribution in [0.15, 0.2) is 212 Å². The first-order valence-electron chi connectivity index (χ1n) is 20.3. The van der Waals surface area contributed by atoms with E-state index in [4.69, 9.17) is 15.0 Å². The van der Waals surface area contributed by atoms with E-state index in [1.54, 1.807) is 0 Å². The number of benzene rings is 9. The van der Waals surface area contributed by atoms with E-state index >= 15 is 0 Å². The fraction of sp³-hybridized carbons (Fsp3) is 0. The van der Waals surface area contributed by atoms with Crippen LogP contribution in [-0.4, -0.2) is 24.1 Å². The van der Waals surface area contributed by atoms with E-state index in [9.17, 15) is 0 Å². The van der Waals surface area contributed by atoms with Gasteiger partial charge in [-0.3, -0.25) is 0 Å². The van der Waals surface area contributed by atoms with Crippen LogP contribution in [0.1, 0.15) is 0 Å². The Morgan fingerprint density at radius 1 is 0.300 bits per heavy atom. The number of hydrogen-bond donors (Lipinski definition) is 0. The lowest BCUT2D eigenvalue weighted by Crippen LogP contribution is -2.03. The summed E-state index contributed by atoms with van der Waals surface area (Å²) in [4.78, 5) is 15.2. The number of rotatable bonds is 6. The van der Waals surface area contributed by atoms with Crippen LogP contribution >= 0.6 is 0 Å². The number of para-hydroxylation sites is 3. The minimum absolute atomic E-state index is 0.622. The zero-order chi connectivity index (χ0) is 39.6. The van der Waals surface area contributed by atoms with Gasteiger partial charge in [-0.1, -0.05) is 152 Å². The summed E-state index contributed by atoms with van der Waals surface area (Å²) in [6.07, 6.45) is 0. The Morgan fingerprint density at radius 3 is 1.53 bits per heavy atom. The SMILES string of the molecule is c1ccc(-c2nc(-c3ccccc3)nc(-c3ccccc3-n3c4ccccc4c4cc(-c5ccc6c(c5)c5c7ccccc7ccc5n6-c5ccccc5)ccc43)n2)cc1. The summed E-state index contributed by atoms with van der Waals surface area (Å²) in [7, 11) is 0. The molecule has 0 unspecified atom stereocenters. The highest BCUT2D eigenvalue weighted by Crippen LogP contribution is 2.41. The quantitative estimate of drug-likeness (QED) is 0.169. The maximum absolute atomic E-state index is 5.13. The number of fused-ring (bicyclic) bond motifs is 8. The first kappa shape index (κ1) is 33.9. The van der Waals surface area contributed by atoms with Crippen molar-refractivity contribution < 1.29 is 0 Å². The summed E-state index contributed by atoms with van der Waals surface area (Å²) in [6.45, 7) is 0. The van der Waals surface area contributed by atoms with Gasteiger partial charge in [-0.05, 0) is 82.6 Å². The van der Waals surface area contributed by atoms with Crippen LogP contribution in [0.25, 0.3) is 111 Å². The monoisotopic (exact) mass is 765 g/mol. The molecule has 0 spiro atoms. The van der Waals surface area contributed by atoms with Gasteiger partial charge >= 0.3 is 0 Å². The lowest BCUT2D eigenvalue weighted by atomic mass is 9.99. The second-order valence-electron chi connectivity index (χ2n) is 15.2. The topological polar surface area (TPSA) is 48.5 Å². The van der Waals surface area contributed by atoms with Gasteiger partial charge in [-0.25, -0.2) is 15.0 Å². The first-order valence-corrected chi connectivity index (χ1v) is 20.3. The molecule has 0 radical (unpaired) electrons.